The molecule has 0 aliphatic rings. The monoisotopic (exact) mass is 260 g/mol. The minimum absolute atomic E-state index is 0.162. The van der Waals surface area contributed by atoms with Crippen LogP contribution < -0.4 is 10.5 Å². The fourth-order valence-electron chi connectivity index (χ4n) is 1.22. The number of hydrogen-bond acceptors (Lipinski definition) is 5. The first-order valence-electron chi connectivity index (χ1n) is 4.61. The number of nitrogens with two attached hydrogens (primary N) is 1. The molecule has 0 spiro atoms. The molecule has 0 unspecified atom stereocenters. The van der Waals surface area contributed by atoms with E-state index < -0.39 is 16.0 Å². The molecule has 0 heterocycles. The second-order valence-electron chi connectivity index (χ2n) is 3.21. The van der Waals surface area contributed by atoms with Gasteiger partial charge in [-0.2, -0.15) is 0 Å². The van der Waals surface area contributed by atoms with Gasteiger partial charge in [0, 0.05) is 12.2 Å². The summed E-state index contributed by atoms with van der Waals surface area (Å²) in [4.78, 5) is 10.7. The Bertz CT molecular complexity index is 526. The summed E-state index contributed by atoms with van der Waals surface area (Å²) in [6, 6.07) is 3.46. The van der Waals surface area contributed by atoms with Crippen LogP contribution in [0.2, 0.25) is 0 Å². The molecule has 0 fully saturated rings. The minimum atomic E-state index is -3.94. The highest BCUT2D eigenvalue weighted by atomic mass is 32.2. The van der Waals surface area contributed by atoms with E-state index in [-0.39, 0.29) is 29.3 Å². The van der Waals surface area contributed by atoms with Gasteiger partial charge in [-0.3, -0.25) is 0 Å². The molecular formula is C9H12N2O5S. The van der Waals surface area contributed by atoms with E-state index in [9.17, 15) is 13.2 Å². The molecule has 0 atom stereocenters. The highest BCUT2D eigenvalue weighted by Crippen LogP contribution is 2.19. The highest BCUT2D eigenvalue weighted by Gasteiger charge is 2.15. The van der Waals surface area contributed by atoms with Crippen molar-refractivity contribution in [2.45, 2.75) is 4.90 Å². The number of carboxylic acids is 1. The molecule has 0 aromatic heterocycles. The molecule has 7 nitrogen and oxygen atoms in total. The van der Waals surface area contributed by atoms with Crippen LogP contribution in [0.1, 0.15) is 10.4 Å². The standard InChI is InChI=1S/C9H12N2O5S/c10-17(15,16)6-1-2-8(11-3-4-12)7(5-6)9(13)14/h1-2,5,11-12H,3-4H2,(H,13,14)(H2,10,15,16). The van der Waals surface area contributed by atoms with E-state index >= 15 is 0 Å². The Labute approximate surface area is 97.9 Å². The van der Waals surface area contributed by atoms with Gasteiger partial charge in [0.15, 0.2) is 0 Å². The van der Waals surface area contributed by atoms with Gasteiger partial charge in [-0.15, -0.1) is 0 Å². The molecule has 0 aliphatic carbocycles. The number of benzene rings is 1. The number of carbonyl (C=O) groups is 1. The lowest BCUT2D eigenvalue weighted by Crippen LogP contribution is -2.15. The van der Waals surface area contributed by atoms with Crippen molar-refractivity contribution in [3.63, 3.8) is 0 Å². The molecule has 1 rings (SSSR count). The van der Waals surface area contributed by atoms with Crippen molar-refractivity contribution in [2.24, 2.45) is 5.14 Å². The summed E-state index contributed by atoms with van der Waals surface area (Å²) in [6.07, 6.45) is 0. The molecule has 17 heavy (non-hydrogen) atoms. The van der Waals surface area contributed by atoms with Crippen LogP contribution in [0.4, 0.5) is 5.69 Å². The van der Waals surface area contributed by atoms with Crippen molar-refractivity contribution in [1.29, 1.82) is 0 Å². The summed E-state index contributed by atoms with van der Waals surface area (Å²) in [6.45, 7) is -0.00893. The molecule has 1 aromatic rings. The van der Waals surface area contributed by atoms with Gasteiger partial charge in [-0.1, -0.05) is 0 Å². The van der Waals surface area contributed by atoms with E-state index in [0.717, 1.165) is 6.07 Å². The predicted molar refractivity (Wildman–Crippen MR) is 60.4 cm³/mol. The van der Waals surface area contributed by atoms with Crippen LogP contribution in [-0.4, -0.2) is 37.8 Å². The average molecular weight is 260 g/mol. The largest absolute Gasteiger partial charge is 0.478 e. The minimum Gasteiger partial charge on any atom is -0.478 e. The second-order valence-corrected chi connectivity index (χ2v) is 4.77. The van der Waals surface area contributed by atoms with E-state index in [1.165, 1.54) is 12.1 Å². The fourth-order valence-corrected chi connectivity index (χ4v) is 1.76. The fraction of sp³-hybridized carbons (Fsp3) is 0.222. The Morgan fingerprint density at radius 2 is 2.06 bits per heavy atom. The highest BCUT2D eigenvalue weighted by molar-refractivity contribution is 7.89. The maximum atomic E-state index is 11.1. The third-order valence-electron chi connectivity index (χ3n) is 1.98. The van der Waals surface area contributed by atoms with Gasteiger partial charge < -0.3 is 15.5 Å². The first-order chi connectivity index (χ1) is 7.86. The van der Waals surface area contributed by atoms with E-state index in [1.54, 1.807) is 0 Å². The van der Waals surface area contributed by atoms with Gasteiger partial charge in [0.2, 0.25) is 10.0 Å². The molecule has 0 saturated carbocycles. The maximum Gasteiger partial charge on any atom is 0.337 e. The number of anilines is 1. The molecule has 0 aliphatic heterocycles. The van der Waals surface area contributed by atoms with E-state index in [1.807, 2.05) is 0 Å². The number of aromatic carboxylic acids is 1. The quantitative estimate of drug-likeness (QED) is 0.561. The van der Waals surface area contributed by atoms with Crippen LogP contribution in [0.5, 0.6) is 0 Å². The molecule has 8 heteroatoms. The zero-order valence-electron chi connectivity index (χ0n) is 8.75. The Kier molecular flexibility index (Phi) is 4.05. The first-order valence-corrected chi connectivity index (χ1v) is 6.16. The lowest BCUT2D eigenvalue weighted by molar-refractivity contribution is 0.0697. The summed E-state index contributed by atoms with van der Waals surface area (Å²) < 4.78 is 22.1. The van der Waals surface area contributed by atoms with Crippen LogP contribution in [0.25, 0.3) is 0 Å². The number of rotatable bonds is 5. The van der Waals surface area contributed by atoms with Crippen LogP contribution in [-0.2, 0) is 10.0 Å². The molecule has 0 bridgehead atoms. The molecule has 0 amide bonds. The number of primary sulfonamides is 1. The zero-order chi connectivity index (χ0) is 13.1. The molecule has 5 N–H and O–H groups in total. The average Bonchev–Trinajstić information content (AvgIpc) is 2.24. The summed E-state index contributed by atoms with van der Waals surface area (Å²) in [5, 5.41) is 25.1. The predicted octanol–water partition coefficient (Wildman–Crippen LogP) is -0.564. The third kappa shape index (κ3) is 3.41. The Morgan fingerprint density at radius 3 is 2.53 bits per heavy atom. The first kappa shape index (κ1) is 13.4. The molecule has 0 radical (unpaired) electrons. The molecule has 0 saturated heterocycles. The van der Waals surface area contributed by atoms with Gasteiger partial charge in [0.1, 0.15) is 0 Å². The van der Waals surface area contributed by atoms with E-state index in [0.29, 0.717) is 0 Å². The van der Waals surface area contributed by atoms with Gasteiger partial charge in [-0.05, 0) is 18.2 Å². The van der Waals surface area contributed by atoms with Crippen LogP contribution in [0.15, 0.2) is 23.1 Å². The topological polar surface area (TPSA) is 130 Å². The van der Waals surface area contributed by atoms with Gasteiger partial charge in [0.05, 0.1) is 17.1 Å². The van der Waals surface area contributed by atoms with Crippen molar-refractivity contribution in [3.05, 3.63) is 23.8 Å². The third-order valence-corrected chi connectivity index (χ3v) is 2.89. The zero-order valence-corrected chi connectivity index (χ0v) is 9.57. The van der Waals surface area contributed by atoms with E-state index in [2.05, 4.69) is 5.32 Å². The van der Waals surface area contributed by atoms with Gasteiger partial charge >= 0.3 is 5.97 Å². The number of sulfonamides is 1. The van der Waals surface area contributed by atoms with Gasteiger partial charge in [0.25, 0.3) is 0 Å². The van der Waals surface area contributed by atoms with Crippen molar-refractivity contribution >= 4 is 21.7 Å². The normalized spacial score (nSPS) is 11.2. The Balaban J connectivity index is 3.22. The number of aliphatic hydroxyl groups is 1. The number of aliphatic hydroxyl groups excluding tert-OH is 1. The second kappa shape index (κ2) is 5.13. The summed E-state index contributed by atoms with van der Waals surface area (Å²) >= 11 is 0. The smallest absolute Gasteiger partial charge is 0.337 e. The maximum absolute atomic E-state index is 11.1. The van der Waals surface area contributed by atoms with Crippen LogP contribution in [0.3, 0.4) is 0 Å². The lowest BCUT2D eigenvalue weighted by Gasteiger charge is -2.09. The molecular weight excluding hydrogens is 248 g/mol. The molecule has 94 valence electrons. The van der Waals surface area contributed by atoms with Crippen molar-refractivity contribution in [3.8, 4) is 0 Å². The molecule has 1 aromatic carbocycles. The van der Waals surface area contributed by atoms with Crippen molar-refractivity contribution in [2.75, 3.05) is 18.5 Å². The van der Waals surface area contributed by atoms with Crippen LogP contribution >= 0.6 is 0 Å². The summed E-state index contributed by atoms with van der Waals surface area (Å²) in [5.41, 5.74) is 0.00363. The Hall–Kier alpha value is -1.64. The summed E-state index contributed by atoms with van der Waals surface area (Å²) in [7, 11) is -3.94. The number of carboxylic acid groups (broad SMARTS) is 1. The Morgan fingerprint density at radius 1 is 1.41 bits per heavy atom. The number of hydrogen-bond donors (Lipinski definition) is 4. The summed E-state index contributed by atoms with van der Waals surface area (Å²) in [5.74, 6) is -1.28. The van der Waals surface area contributed by atoms with Crippen molar-refractivity contribution in [1.82, 2.24) is 0 Å². The van der Waals surface area contributed by atoms with E-state index in [4.69, 9.17) is 15.4 Å². The number of nitrogens with one attached hydrogen (secondary N) is 1. The van der Waals surface area contributed by atoms with Crippen LogP contribution in [0, 0.1) is 0 Å². The van der Waals surface area contributed by atoms with Crippen molar-refractivity contribution < 1.29 is 23.4 Å². The lowest BCUT2D eigenvalue weighted by atomic mass is 10.2. The van der Waals surface area contributed by atoms with Gasteiger partial charge in [-0.25, -0.2) is 18.4 Å². The SMILES string of the molecule is NS(=O)(=O)c1ccc(NCCO)c(C(=O)O)c1.